The highest BCUT2D eigenvalue weighted by molar-refractivity contribution is 7.18. The molecule has 122 valence electrons. The zero-order valence-corrected chi connectivity index (χ0v) is 14.1. The van der Waals surface area contributed by atoms with E-state index in [1.165, 1.54) is 23.5 Å². The zero-order valence-electron chi connectivity index (χ0n) is 13.3. The summed E-state index contributed by atoms with van der Waals surface area (Å²) in [5, 5.41) is 3.53. The van der Waals surface area contributed by atoms with E-state index in [0.717, 1.165) is 11.1 Å². The lowest BCUT2D eigenvalue weighted by Crippen LogP contribution is -2.05. The largest absolute Gasteiger partial charge is 0.382 e. The van der Waals surface area contributed by atoms with Crippen LogP contribution in [-0.4, -0.2) is 10.8 Å². The number of anilines is 3. The summed E-state index contributed by atoms with van der Waals surface area (Å²) < 4.78 is 13.0. The number of nitrogens with zero attached hydrogens (tertiary/aromatic N) is 1. The lowest BCUT2D eigenvalue weighted by Gasteiger charge is -2.05. The number of thiazole rings is 1. The molecule has 0 aliphatic carbocycles. The van der Waals surface area contributed by atoms with Crippen molar-refractivity contribution in [1.29, 1.82) is 0 Å². The topological polar surface area (TPSA) is 68.0 Å². The predicted molar refractivity (Wildman–Crippen MR) is 95.6 cm³/mol. The molecule has 0 radical (unpaired) electrons. The van der Waals surface area contributed by atoms with Gasteiger partial charge in [0.2, 0.25) is 5.78 Å². The van der Waals surface area contributed by atoms with Gasteiger partial charge in [-0.15, -0.1) is 0 Å². The fourth-order valence-corrected chi connectivity index (χ4v) is 3.17. The highest BCUT2D eigenvalue weighted by atomic mass is 32.1. The Morgan fingerprint density at radius 2 is 1.88 bits per heavy atom. The fraction of sp³-hybridized carbons (Fsp3) is 0.111. The van der Waals surface area contributed by atoms with Crippen molar-refractivity contribution >= 4 is 33.8 Å². The molecule has 2 aromatic carbocycles. The first-order valence-electron chi connectivity index (χ1n) is 7.35. The SMILES string of the molecule is Cc1ccc(C)c(C(=O)c2sc(Nc3ccc(F)cc3)nc2N)c1. The molecule has 0 fully saturated rings. The van der Waals surface area contributed by atoms with Gasteiger partial charge in [0.1, 0.15) is 16.5 Å². The van der Waals surface area contributed by atoms with Gasteiger partial charge in [-0.05, 0) is 49.7 Å². The number of carbonyl (C=O) groups excluding carboxylic acids is 1. The third kappa shape index (κ3) is 3.28. The van der Waals surface area contributed by atoms with Crippen LogP contribution >= 0.6 is 11.3 Å². The van der Waals surface area contributed by atoms with Crippen molar-refractivity contribution in [3.8, 4) is 0 Å². The zero-order chi connectivity index (χ0) is 17.3. The first-order valence-corrected chi connectivity index (χ1v) is 8.16. The van der Waals surface area contributed by atoms with Gasteiger partial charge in [-0.3, -0.25) is 4.79 Å². The van der Waals surface area contributed by atoms with Crippen molar-refractivity contribution in [3.05, 3.63) is 69.8 Å². The molecule has 0 unspecified atom stereocenters. The molecule has 3 aromatic rings. The Balaban J connectivity index is 1.89. The standard InChI is InChI=1S/C18H16FN3OS/c1-10-3-4-11(2)14(9-10)15(23)16-17(20)22-18(24-16)21-13-7-5-12(19)6-8-13/h3-9H,20H2,1-2H3,(H,21,22). The average molecular weight is 341 g/mol. The number of aromatic nitrogens is 1. The maximum atomic E-state index is 13.0. The molecule has 0 bridgehead atoms. The van der Waals surface area contributed by atoms with Gasteiger partial charge in [-0.1, -0.05) is 29.0 Å². The van der Waals surface area contributed by atoms with Crippen LogP contribution in [0.1, 0.15) is 26.4 Å². The Labute approximate surface area is 143 Å². The van der Waals surface area contributed by atoms with Crippen LogP contribution in [0.3, 0.4) is 0 Å². The Morgan fingerprint density at radius 3 is 2.58 bits per heavy atom. The van der Waals surface area contributed by atoms with Crippen LogP contribution in [0.2, 0.25) is 0 Å². The van der Waals surface area contributed by atoms with E-state index in [9.17, 15) is 9.18 Å². The van der Waals surface area contributed by atoms with Crippen molar-refractivity contribution in [3.63, 3.8) is 0 Å². The predicted octanol–water partition coefficient (Wildman–Crippen LogP) is 4.46. The highest BCUT2D eigenvalue weighted by Crippen LogP contribution is 2.30. The maximum absolute atomic E-state index is 13.0. The minimum absolute atomic E-state index is 0.140. The Morgan fingerprint density at radius 1 is 1.17 bits per heavy atom. The van der Waals surface area contributed by atoms with Gasteiger partial charge in [-0.25, -0.2) is 9.37 Å². The van der Waals surface area contributed by atoms with Crippen LogP contribution in [0.5, 0.6) is 0 Å². The molecule has 0 aliphatic rings. The number of nitrogens with one attached hydrogen (secondary N) is 1. The summed E-state index contributed by atoms with van der Waals surface area (Å²) >= 11 is 1.19. The number of nitrogens with two attached hydrogens (primary N) is 1. The van der Waals surface area contributed by atoms with Crippen molar-refractivity contribution in [2.45, 2.75) is 13.8 Å². The van der Waals surface area contributed by atoms with E-state index in [2.05, 4.69) is 10.3 Å². The summed E-state index contributed by atoms with van der Waals surface area (Å²) in [7, 11) is 0. The van der Waals surface area contributed by atoms with Crippen LogP contribution in [0, 0.1) is 19.7 Å². The van der Waals surface area contributed by atoms with E-state index in [4.69, 9.17) is 5.73 Å². The second-order valence-corrected chi connectivity index (χ2v) is 6.51. The molecule has 0 saturated heterocycles. The number of carbonyl (C=O) groups is 1. The first kappa shape index (κ1) is 16.1. The smallest absolute Gasteiger partial charge is 0.207 e. The van der Waals surface area contributed by atoms with Crippen LogP contribution in [0.25, 0.3) is 0 Å². The number of benzene rings is 2. The van der Waals surface area contributed by atoms with Gasteiger partial charge in [0.25, 0.3) is 0 Å². The molecule has 0 aliphatic heterocycles. The van der Waals surface area contributed by atoms with Crippen LogP contribution in [-0.2, 0) is 0 Å². The van der Waals surface area contributed by atoms with Crippen molar-refractivity contribution < 1.29 is 9.18 Å². The Kier molecular flexibility index (Phi) is 4.31. The molecule has 24 heavy (non-hydrogen) atoms. The van der Waals surface area contributed by atoms with Gasteiger partial charge < -0.3 is 11.1 Å². The van der Waals surface area contributed by atoms with Crippen LogP contribution < -0.4 is 11.1 Å². The second kappa shape index (κ2) is 6.41. The number of aryl methyl sites for hydroxylation is 2. The lowest BCUT2D eigenvalue weighted by atomic mass is 10.0. The maximum Gasteiger partial charge on any atom is 0.207 e. The molecule has 0 saturated carbocycles. The minimum Gasteiger partial charge on any atom is -0.382 e. The summed E-state index contributed by atoms with van der Waals surface area (Å²) in [6.45, 7) is 3.83. The Bertz CT molecular complexity index is 903. The molecule has 0 amide bonds. The molecule has 1 heterocycles. The van der Waals surface area contributed by atoms with Crippen LogP contribution in [0.4, 0.5) is 21.0 Å². The normalized spacial score (nSPS) is 10.6. The number of nitrogen functional groups attached to an aromatic ring is 1. The van der Waals surface area contributed by atoms with Crippen molar-refractivity contribution in [2.24, 2.45) is 0 Å². The third-order valence-corrected chi connectivity index (χ3v) is 4.58. The summed E-state index contributed by atoms with van der Waals surface area (Å²) in [5.74, 6) is -0.265. The van der Waals surface area contributed by atoms with E-state index < -0.39 is 0 Å². The highest BCUT2D eigenvalue weighted by Gasteiger charge is 2.19. The summed E-state index contributed by atoms with van der Waals surface area (Å²) in [6.07, 6.45) is 0. The number of hydrogen-bond acceptors (Lipinski definition) is 5. The van der Waals surface area contributed by atoms with E-state index in [1.54, 1.807) is 12.1 Å². The van der Waals surface area contributed by atoms with E-state index in [1.807, 2.05) is 32.0 Å². The molecule has 3 N–H and O–H groups in total. The van der Waals surface area contributed by atoms with Crippen molar-refractivity contribution in [2.75, 3.05) is 11.1 Å². The number of halogens is 1. The number of hydrogen-bond donors (Lipinski definition) is 2. The quantitative estimate of drug-likeness (QED) is 0.688. The average Bonchev–Trinajstić information content (AvgIpc) is 2.92. The monoisotopic (exact) mass is 341 g/mol. The lowest BCUT2D eigenvalue weighted by molar-refractivity contribution is 0.104. The van der Waals surface area contributed by atoms with Gasteiger partial charge in [0.05, 0.1) is 0 Å². The fourth-order valence-electron chi connectivity index (χ4n) is 2.31. The minimum atomic E-state index is -0.315. The molecular weight excluding hydrogens is 325 g/mol. The van der Waals surface area contributed by atoms with Gasteiger partial charge in [-0.2, -0.15) is 0 Å². The molecule has 0 atom stereocenters. The van der Waals surface area contributed by atoms with Gasteiger partial charge in [0.15, 0.2) is 5.13 Å². The second-order valence-electron chi connectivity index (χ2n) is 5.51. The molecule has 3 rings (SSSR count). The first-order chi connectivity index (χ1) is 11.4. The third-order valence-electron chi connectivity index (χ3n) is 3.59. The molecule has 4 nitrogen and oxygen atoms in total. The van der Waals surface area contributed by atoms with Gasteiger partial charge in [0, 0.05) is 11.3 Å². The van der Waals surface area contributed by atoms with E-state index in [0.29, 0.717) is 21.3 Å². The van der Waals surface area contributed by atoms with Gasteiger partial charge >= 0.3 is 0 Å². The molecule has 1 aromatic heterocycles. The van der Waals surface area contributed by atoms with Crippen LogP contribution in [0.15, 0.2) is 42.5 Å². The van der Waals surface area contributed by atoms with E-state index in [-0.39, 0.29) is 17.4 Å². The Hall–Kier alpha value is -2.73. The molecule has 0 spiro atoms. The summed E-state index contributed by atoms with van der Waals surface area (Å²) in [6, 6.07) is 11.6. The molecule has 6 heteroatoms. The number of rotatable bonds is 4. The number of ketones is 1. The van der Waals surface area contributed by atoms with E-state index >= 15 is 0 Å². The molecular formula is C18H16FN3OS. The summed E-state index contributed by atoms with van der Waals surface area (Å²) in [4.78, 5) is 17.4. The van der Waals surface area contributed by atoms with Crippen molar-refractivity contribution in [1.82, 2.24) is 4.98 Å². The summed E-state index contributed by atoms with van der Waals surface area (Å²) in [5.41, 5.74) is 9.13.